The molecule has 0 radical (unpaired) electrons. The van der Waals surface area contributed by atoms with Gasteiger partial charge in [0.1, 0.15) is 57.4 Å². The van der Waals surface area contributed by atoms with Crippen molar-refractivity contribution in [1.29, 1.82) is 0 Å². The number of epoxide rings is 1. The number of carbonyl (C=O) groups is 8. The van der Waals surface area contributed by atoms with Gasteiger partial charge in [0.25, 0.3) is 0 Å². The fraction of sp³-hybridized carbons (Fsp3) is 0.625. The molecular weight excluding hydrogens is 1130 g/mol. The van der Waals surface area contributed by atoms with Crippen molar-refractivity contribution in [3.8, 4) is 11.5 Å². The number of hydrogen-bond acceptors (Lipinski definition) is 16. The molecular formula is C64H92ClN5O16. The first kappa shape index (κ1) is 70.2. The molecule has 3 aliphatic rings. The SMILES string of the molecule is CCC(CC)C(=O)OC(C)(C)CCCCC(=O)C[C@H](C(=O)N[C@@H](CCCNC(N)=O)C(=O)Cc1ccc(NC(=O)O[C@H]2CC(=O)N(C)c3cc(cc(OC)c3Cl)C/C(C)=C/C=C/[C@@H](OC)[C@]3(O)CC(=O)O[C@@H](C3)[C@@H](C)[C@@H]3O[C@@]23C)c(OC)c1)C(C)C. The highest BCUT2D eigenvalue weighted by Crippen LogP contribution is 2.50. The molecule has 2 aromatic carbocycles. The average Bonchev–Trinajstić information content (AvgIpc) is 1.62. The number of methoxy groups -OCH3 is 3. The lowest BCUT2D eigenvalue weighted by atomic mass is 9.78. The molecule has 5 rings (SSSR count). The predicted molar refractivity (Wildman–Crippen MR) is 325 cm³/mol. The van der Waals surface area contributed by atoms with Gasteiger partial charge in [0.15, 0.2) is 5.78 Å². The van der Waals surface area contributed by atoms with Gasteiger partial charge in [-0.05, 0) is 120 Å². The predicted octanol–water partition coefficient (Wildman–Crippen LogP) is 9.23. The van der Waals surface area contributed by atoms with Gasteiger partial charge in [-0.15, -0.1) is 0 Å². The number of benzene rings is 2. The van der Waals surface area contributed by atoms with Crippen LogP contribution in [0.3, 0.4) is 0 Å². The zero-order valence-electron chi connectivity index (χ0n) is 52.4. The normalized spacial score (nSPS) is 24.2. The monoisotopic (exact) mass is 1220 g/mol. The van der Waals surface area contributed by atoms with Gasteiger partial charge in [-0.3, -0.25) is 34.1 Å². The maximum Gasteiger partial charge on any atom is 0.412 e. The van der Waals surface area contributed by atoms with Crippen molar-refractivity contribution in [2.75, 3.05) is 45.1 Å². The quantitative estimate of drug-likeness (QED) is 0.0254. The standard InChI is InChI=1S/C64H92ClN5O16/c1-14-42(15-2)59(76)86-62(7,8)26-17-16-21-43(71)33-44(37(3)4)58(75)68-45(22-19-27-67-60(66)77)48(72)30-40-24-25-46(49(31-40)80-11)69-61(78)84-53-34-54(73)70(10)47-29-41(32-50(81-12)56(47)65)28-38(5)20-18-23-52(82-13)64(79)35-51(83-55(74)36-64)39(6)57-63(53,9)85-57/h18,20,23-25,29,31-32,37,39,42,44-45,51-53,57,79H,14-17,19,21-22,26-28,30,33-36H2,1-13H3,(H,68,75)(H,69,78)(H3,66,67,77)/b23-18+,38-20+/t39-,44+,45+,51+,52-,53+,57+,63+,64-/m1/s1. The van der Waals surface area contributed by atoms with Crippen molar-refractivity contribution in [3.05, 3.63) is 70.3 Å². The van der Waals surface area contributed by atoms with E-state index in [2.05, 4.69) is 16.0 Å². The van der Waals surface area contributed by atoms with Crippen molar-refractivity contribution in [1.82, 2.24) is 10.6 Å². The van der Waals surface area contributed by atoms with E-state index in [4.69, 9.17) is 50.5 Å². The first-order chi connectivity index (χ1) is 40.5. The molecule has 2 saturated heterocycles. The van der Waals surface area contributed by atoms with Gasteiger partial charge >= 0.3 is 24.1 Å². The molecule has 0 spiro atoms. The molecule has 4 bridgehead atoms. The van der Waals surface area contributed by atoms with Crippen molar-refractivity contribution in [2.24, 2.45) is 29.4 Å². The number of ketones is 2. The smallest absolute Gasteiger partial charge is 0.412 e. The molecule has 3 aliphatic heterocycles. The van der Waals surface area contributed by atoms with E-state index in [1.54, 1.807) is 57.3 Å². The van der Waals surface area contributed by atoms with Crippen LogP contribution in [0, 0.1) is 23.7 Å². The minimum absolute atomic E-state index is 0.00630. The molecule has 9 atom stereocenters. The fourth-order valence-electron chi connectivity index (χ4n) is 11.4. The second-order valence-electron chi connectivity index (χ2n) is 24.3. The minimum Gasteiger partial charge on any atom is -0.495 e. The molecule has 0 unspecified atom stereocenters. The molecule has 2 aromatic rings. The molecule has 2 fully saturated rings. The van der Waals surface area contributed by atoms with Crippen molar-refractivity contribution < 1.29 is 76.6 Å². The number of amides is 5. The summed E-state index contributed by atoms with van der Waals surface area (Å²) in [6.45, 7) is 16.8. The second kappa shape index (κ2) is 31.4. The van der Waals surface area contributed by atoms with Crippen LogP contribution in [0.5, 0.6) is 11.5 Å². The van der Waals surface area contributed by atoms with E-state index in [1.807, 2.05) is 54.5 Å². The lowest BCUT2D eigenvalue weighted by Gasteiger charge is -2.41. The Labute approximate surface area is 511 Å². The third-order valence-corrected chi connectivity index (χ3v) is 17.2. The van der Waals surface area contributed by atoms with Gasteiger partial charge in [0.05, 0.1) is 56.5 Å². The summed E-state index contributed by atoms with van der Waals surface area (Å²) < 4.78 is 41.2. The highest BCUT2D eigenvalue weighted by Gasteiger charge is 2.64. The lowest BCUT2D eigenvalue weighted by Crippen LogP contribution is -2.53. The summed E-state index contributed by atoms with van der Waals surface area (Å²) in [6, 6.07) is 6.44. The van der Waals surface area contributed by atoms with Gasteiger partial charge in [0, 0.05) is 58.2 Å². The molecule has 0 saturated carbocycles. The Balaban J connectivity index is 1.34. The number of carbonyl (C=O) groups excluding carboxylic acids is 8. The first-order valence-electron chi connectivity index (χ1n) is 29.9. The number of halogens is 1. The van der Waals surface area contributed by atoms with Crippen LogP contribution >= 0.6 is 11.6 Å². The van der Waals surface area contributed by atoms with Crippen LogP contribution in [0.25, 0.3) is 0 Å². The van der Waals surface area contributed by atoms with Crippen LogP contribution in [-0.2, 0) is 65.3 Å². The summed E-state index contributed by atoms with van der Waals surface area (Å²) in [4.78, 5) is 109. The number of nitrogens with zero attached hydrogens (tertiary/aromatic N) is 1. The molecule has 476 valence electrons. The largest absolute Gasteiger partial charge is 0.495 e. The van der Waals surface area contributed by atoms with Crippen molar-refractivity contribution in [2.45, 2.75) is 199 Å². The number of unbranched alkanes of at least 4 members (excludes halogenated alkanes) is 1. The summed E-state index contributed by atoms with van der Waals surface area (Å²) in [5.74, 6) is -3.58. The highest BCUT2D eigenvalue weighted by molar-refractivity contribution is 6.35. The number of ether oxygens (including phenoxy) is 7. The Bertz CT molecular complexity index is 2820. The zero-order chi connectivity index (χ0) is 63.8. The third-order valence-electron chi connectivity index (χ3n) is 16.8. The Kier molecular flexibility index (Phi) is 25.6. The molecule has 0 aliphatic carbocycles. The molecule has 3 heterocycles. The molecule has 21 nitrogen and oxygen atoms in total. The number of Topliss-reactive ketones (excluding diaryl/α,β-unsaturated/α-hetero) is 2. The average molecular weight is 1220 g/mol. The summed E-state index contributed by atoms with van der Waals surface area (Å²) in [5.41, 5.74) is 4.25. The van der Waals surface area contributed by atoms with Crippen LogP contribution in [0.4, 0.5) is 21.0 Å². The number of esters is 2. The Morgan fingerprint density at radius 2 is 1.69 bits per heavy atom. The first-order valence-corrected chi connectivity index (χ1v) is 30.2. The van der Waals surface area contributed by atoms with Gasteiger partial charge < -0.3 is 59.5 Å². The maximum absolute atomic E-state index is 14.5. The number of aliphatic hydroxyl groups is 1. The number of allylic oxidation sites excluding steroid dienone is 3. The minimum atomic E-state index is -1.65. The number of nitrogens with two attached hydrogens (primary N) is 1. The summed E-state index contributed by atoms with van der Waals surface area (Å²) in [5, 5.41) is 20.3. The van der Waals surface area contributed by atoms with Crippen LogP contribution < -0.4 is 36.1 Å². The number of fused-ring (bicyclic) bond motifs is 5. The summed E-state index contributed by atoms with van der Waals surface area (Å²) in [6.07, 6.45) is 3.79. The zero-order valence-corrected chi connectivity index (χ0v) is 53.2. The maximum atomic E-state index is 14.5. The van der Waals surface area contributed by atoms with Gasteiger partial charge in [0.2, 0.25) is 11.8 Å². The molecule has 6 N–H and O–H groups in total. The number of nitrogens with one attached hydrogen (secondary N) is 3. The lowest BCUT2D eigenvalue weighted by molar-refractivity contribution is -0.187. The van der Waals surface area contributed by atoms with Crippen LogP contribution in [-0.4, -0.2) is 135 Å². The number of rotatable bonds is 26. The van der Waals surface area contributed by atoms with Crippen molar-refractivity contribution in [3.63, 3.8) is 0 Å². The Morgan fingerprint density at radius 1 is 0.988 bits per heavy atom. The van der Waals surface area contributed by atoms with E-state index in [9.17, 15) is 43.5 Å². The van der Waals surface area contributed by atoms with Crippen LogP contribution in [0.1, 0.15) is 150 Å². The van der Waals surface area contributed by atoms with Gasteiger partial charge in [-0.1, -0.05) is 76.1 Å². The van der Waals surface area contributed by atoms with E-state index in [1.165, 1.54) is 32.3 Å². The number of primary amides is 1. The van der Waals surface area contributed by atoms with Crippen LogP contribution in [0.15, 0.2) is 54.1 Å². The number of anilines is 2. The summed E-state index contributed by atoms with van der Waals surface area (Å²) in [7, 11) is 5.84. The third kappa shape index (κ3) is 19.2. The number of urea groups is 1. The molecule has 5 amide bonds. The summed E-state index contributed by atoms with van der Waals surface area (Å²) >= 11 is 6.86. The van der Waals surface area contributed by atoms with E-state index in [-0.39, 0.29) is 97.3 Å². The Morgan fingerprint density at radius 3 is 2.33 bits per heavy atom. The van der Waals surface area contributed by atoms with Crippen LogP contribution in [0.2, 0.25) is 5.02 Å². The highest BCUT2D eigenvalue weighted by atomic mass is 35.5. The molecule has 0 aromatic heterocycles. The van der Waals surface area contributed by atoms with E-state index in [0.29, 0.717) is 55.5 Å². The Hall–Kier alpha value is -6.55. The van der Waals surface area contributed by atoms with Gasteiger partial charge in [-0.2, -0.15) is 0 Å². The molecule has 86 heavy (non-hydrogen) atoms. The topological polar surface area (TPSA) is 290 Å². The van der Waals surface area contributed by atoms with E-state index < -0.39 is 95.4 Å². The second-order valence-corrected chi connectivity index (χ2v) is 24.7. The van der Waals surface area contributed by atoms with Crippen molar-refractivity contribution >= 4 is 70.4 Å². The van der Waals surface area contributed by atoms with E-state index in [0.717, 1.165) is 11.1 Å². The molecule has 22 heteroatoms. The number of hydrogen-bond donors (Lipinski definition) is 5. The van der Waals surface area contributed by atoms with E-state index >= 15 is 0 Å². The fourth-order valence-corrected chi connectivity index (χ4v) is 11.7. The van der Waals surface area contributed by atoms with Gasteiger partial charge in [-0.25, -0.2) is 9.59 Å².